The van der Waals surface area contributed by atoms with E-state index in [0.29, 0.717) is 10.1 Å². The van der Waals surface area contributed by atoms with E-state index in [-0.39, 0.29) is 5.56 Å². The summed E-state index contributed by atoms with van der Waals surface area (Å²) in [5.74, 6) is 0. The summed E-state index contributed by atoms with van der Waals surface area (Å²) in [5.41, 5.74) is 7.29. The van der Waals surface area contributed by atoms with Crippen LogP contribution in [0.25, 0.3) is 4.96 Å². The minimum atomic E-state index is -0.0392. The molecule has 0 spiro atoms. The average Bonchev–Trinajstić information content (AvgIpc) is 2.59. The van der Waals surface area contributed by atoms with Crippen molar-refractivity contribution < 1.29 is 0 Å². The van der Waals surface area contributed by atoms with Crippen molar-refractivity contribution in [2.45, 2.75) is 25.7 Å². The monoisotopic (exact) mass is 222 g/mol. The first-order valence-electron chi connectivity index (χ1n) is 4.93. The zero-order chi connectivity index (χ0) is 10.4. The second-order valence-electron chi connectivity index (χ2n) is 3.68. The molecule has 15 heavy (non-hydrogen) atoms. The standard InChI is InChI=1S/C9H10N4OS/c10-8-12-13-7(14)5-3-1-2-4-6(5)11-9(13)15-8/h1-4H2,(H2,10,12). The Morgan fingerprint density at radius 2 is 2.13 bits per heavy atom. The summed E-state index contributed by atoms with van der Waals surface area (Å²) in [6.07, 6.45) is 3.90. The van der Waals surface area contributed by atoms with E-state index < -0.39 is 0 Å². The Labute approximate surface area is 89.6 Å². The summed E-state index contributed by atoms with van der Waals surface area (Å²) in [7, 11) is 0. The zero-order valence-corrected chi connectivity index (χ0v) is 8.88. The average molecular weight is 222 g/mol. The lowest BCUT2D eigenvalue weighted by molar-refractivity contribution is 0.652. The van der Waals surface area contributed by atoms with E-state index >= 15 is 0 Å². The highest BCUT2D eigenvalue weighted by molar-refractivity contribution is 7.20. The van der Waals surface area contributed by atoms with Crippen molar-refractivity contribution in [2.75, 3.05) is 5.73 Å². The fraction of sp³-hybridized carbons (Fsp3) is 0.444. The minimum absolute atomic E-state index is 0.0392. The van der Waals surface area contributed by atoms with Crippen molar-refractivity contribution in [3.63, 3.8) is 0 Å². The van der Waals surface area contributed by atoms with Crippen molar-refractivity contribution in [3.05, 3.63) is 21.6 Å². The maximum absolute atomic E-state index is 12.0. The predicted octanol–water partition coefficient (Wildman–Crippen LogP) is 0.612. The molecule has 0 unspecified atom stereocenters. The van der Waals surface area contributed by atoms with Crippen molar-refractivity contribution in [1.82, 2.24) is 14.6 Å². The van der Waals surface area contributed by atoms with Gasteiger partial charge >= 0.3 is 0 Å². The van der Waals surface area contributed by atoms with Crippen LogP contribution in [0.3, 0.4) is 0 Å². The molecule has 0 saturated carbocycles. The Bertz CT molecular complexity index is 586. The second-order valence-corrected chi connectivity index (χ2v) is 4.67. The van der Waals surface area contributed by atoms with E-state index in [0.717, 1.165) is 36.9 Å². The van der Waals surface area contributed by atoms with Gasteiger partial charge in [-0.1, -0.05) is 11.3 Å². The van der Waals surface area contributed by atoms with Gasteiger partial charge in [0.2, 0.25) is 10.1 Å². The van der Waals surface area contributed by atoms with Crippen LogP contribution in [0.1, 0.15) is 24.1 Å². The summed E-state index contributed by atoms with van der Waals surface area (Å²) < 4.78 is 1.32. The number of nitrogens with two attached hydrogens (primary N) is 1. The van der Waals surface area contributed by atoms with E-state index in [1.54, 1.807) is 0 Å². The van der Waals surface area contributed by atoms with Gasteiger partial charge in [0.15, 0.2) is 0 Å². The van der Waals surface area contributed by atoms with E-state index in [1.807, 2.05) is 0 Å². The molecule has 0 amide bonds. The minimum Gasteiger partial charge on any atom is -0.374 e. The number of nitrogen functional groups attached to an aromatic ring is 1. The molecule has 2 heterocycles. The summed E-state index contributed by atoms with van der Waals surface area (Å²) in [6.45, 7) is 0. The van der Waals surface area contributed by atoms with Gasteiger partial charge in [0.1, 0.15) is 0 Å². The second kappa shape index (κ2) is 3.03. The maximum atomic E-state index is 12.0. The SMILES string of the molecule is Nc1nn2c(=O)c3c(nc2s1)CCCC3. The smallest absolute Gasteiger partial charge is 0.278 e. The lowest BCUT2D eigenvalue weighted by Gasteiger charge is -2.12. The number of fused-ring (bicyclic) bond motifs is 2. The zero-order valence-electron chi connectivity index (χ0n) is 8.06. The fourth-order valence-corrected chi connectivity index (χ4v) is 2.66. The number of nitrogens with zero attached hydrogens (tertiary/aromatic N) is 3. The highest BCUT2D eigenvalue weighted by Crippen LogP contribution is 2.19. The molecule has 0 radical (unpaired) electrons. The van der Waals surface area contributed by atoms with E-state index in [1.165, 1.54) is 15.9 Å². The first kappa shape index (κ1) is 8.84. The van der Waals surface area contributed by atoms with Crippen LogP contribution in [0.5, 0.6) is 0 Å². The molecule has 1 aliphatic rings. The summed E-state index contributed by atoms with van der Waals surface area (Å²) in [6, 6.07) is 0. The van der Waals surface area contributed by atoms with Crippen LogP contribution in [0.15, 0.2) is 4.79 Å². The summed E-state index contributed by atoms with van der Waals surface area (Å²) in [4.78, 5) is 17.0. The first-order valence-corrected chi connectivity index (χ1v) is 5.74. The molecule has 5 nitrogen and oxygen atoms in total. The third-order valence-corrected chi connectivity index (χ3v) is 3.43. The lowest BCUT2D eigenvalue weighted by atomic mass is 9.97. The summed E-state index contributed by atoms with van der Waals surface area (Å²) >= 11 is 1.26. The number of hydrogen-bond donors (Lipinski definition) is 1. The molecule has 0 fully saturated rings. The lowest BCUT2D eigenvalue weighted by Crippen LogP contribution is -2.24. The Morgan fingerprint density at radius 1 is 1.33 bits per heavy atom. The number of anilines is 1. The summed E-state index contributed by atoms with van der Waals surface area (Å²) in [5, 5.41) is 4.35. The quantitative estimate of drug-likeness (QED) is 0.709. The molecule has 6 heteroatoms. The Kier molecular flexibility index (Phi) is 1.79. The van der Waals surface area contributed by atoms with Crippen LogP contribution in [0.2, 0.25) is 0 Å². The van der Waals surface area contributed by atoms with Crippen molar-refractivity contribution >= 4 is 21.4 Å². The molecular weight excluding hydrogens is 212 g/mol. The van der Waals surface area contributed by atoms with Gasteiger partial charge in [-0.05, 0) is 25.7 Å². The van der Waals surface area contributed by atoms with Crippen LogP contribution >= 0.6 is 11.3 Å². The molecule has 2 N–H and O–H groups in total. The number of hydrogen-bond acceptors (Lipinski definition) is 5. The van der Waals surface area contributed by atoms with Crippen LogP contribution in [-0.4, -0.2) is 14.6 Å². The molecule has 2 aromatic heterocycles. The third kappa shape index (κ3) is 1.25. The third-order valence-electron chi connectivity index (χ3n) is 2.70. The molecule has 0 aliphatic heterocycles. The van der Waals surface area contributed by atoms with E-state index in [4.69, 9.17) is 5.73 Å². The maximum Gasteiger partial charge on any atom is 0.278 e. The van der Waals surface area contributed by atoms with Gasteiger partial charge in [-0.3, -0.25) is 4.79 Å². The molecule has 0 bridgehead atoms. The normalized spacial score (nSPS) is 15.5. The number of aryl methyl sites for hydroxylation is 1. The van der Waals surface area contributed by atoms with Crippen LogP contribution in [-0.2, 0) is 12.8 Å². The number of rotatable bonds is 0. The molecular formula is C9H10N4OS. The Balaban J connectivity index is 2.40. The molecule has 0 atom stereocenters. The van der Waals surface area contributed by atoms with Crippen molar-refractivity contribution in [3.8, 4) is 0 Å². The molecule has 2 aromatic rings. The van der Waals surface area contributed by atoms with Crippen molar-refractivity contribution in [1.29, 1.82) is 0 Å². The fourth-order valence-electron chi connectivity index (χ4n) is 1.99. The largest absolute Gasteiger partial charge is 0.374 e. The van der Waals surface area contributed by atoms with Gasteiger partial charge in [-0.25, -0.2) is 4.98 Å². The van der Waals surface area contributed by atoms with Crippen LogP contribution in [0, 0.1) is 0 Å². The van der Waals surface area contributed by atoms with Crippen LogP contribution in [0.4, 0.5) is 5.13 Å². The highest BCUT2D eigenvalue weighted by Gasteiger charge is 2.17. The molecule has 1 aliphatic carbocycles. The molecule has 78 valence electrons. The Morgan fingerprint density at radius 3 is 3.00 bits per heavy atom. The molecule has 0 saturated heterocycles. The van der Waals surface area contributed by atoms with E-state index in [2.05, 4.69) is 10.1 Å². The van der Waals surface area contributed by atoms with Gasteiger partial charge < -0.3 is 5.73 Å². The van der Waals surface area contributed by atoms with Crippen LogP contribution < -0.4 is 11.3 Å². The highest BCUT2D eigenvalue weighted by atomic mass is 32.1. The van der Waals surface area contributed by atoms with Crippen molar-refractivity contribution in [2.24, 2.45) is 0 Å². The molecule has 0 aromatic carbocycles. The number of aromatic nitrogens is 3. The predicted molar refractivity (Wildman–Crippen MR) is 58.2 cm³/mol. The van der Waals surface area contributed by atoms with E-state index in [9.17, 15) is 4.79 Å². The van der Waals surface area contributed by atoms with Gasteiger partial charge in [0.25, 0.3) is 5.56 Å². The van der Waals surface area contributed by atoms with Gasteiger partial charge in [0.05, 0.1) is 5.69 Å². The van der Waals surface area contributed by atoms with Gasteiger partial charge in [-0.2, -0.15) is 4.52 Å². The Hall–Kier alpha value is -1.43. The van der Waals surface area contributed by atoms with Gasteiger partial charge in [0, 0.05) is 5.56 Å². The molecule has 3 rings (SSSR count). The topological polar surface area (TPSA) is 73.3 Å². The van der Waals surface area contributed by atoms with Gasteiger partial charge in [-0.15, -0.1) is 5.10 Å². The first-order chi connectivity index (χ1) is 7.25.